The van der Waals surface area contributed by atoms with Crippen molar-refractivity contribution in [3.05, 3.63) is 23.3 Å². The van der Waals surface area contributed by atoms with E-state index < -0.39 is 4.93 Å². The number of piperidine rings is 1. The van der Waals surface area contributed by atoms with Crippen LogP contribution in [0.15, 0.2) is 17.0 Å². The molecule has 2 N–H and O–H groups in total. The van der Waals surface area contributed by atoms with Gasteiger partial charge in [0.1, 0.15) is 10.7 Å². The third-order valence-corrected chi connectivity index (χ3v) is 6.73. The summed E-state index contributed by atoms with van der Waals surface area (Å²) in [6.07, 6.45) is 1.05. The molecule has 1 saturated heterocycles. The van der Waals surface area contributed by atoms with E-state index in [1.165, 1.54) is 11.8 Å². The molecule has 1 aromatic rings. The number of phenolic OH excluding ortho intramolecular Hbond substituents is 1. The first kappa shape index (κ1) is 23.1. The van der Waals surface area contributed by atoms with Crippen LogP contribution >= 0.6 is 11.8 Å². The molecule has 0 unspecified atom stereocenters. The lowest BCUT2D eigenvalue weighted by molar-refractivity contribution is -0.138. The molecule has 0 aromatic heterocycles. The van der Waals surface area contributed by atoms with Gasteiger partial charge in [0.05, 0.1) is 0 Å². The minimum Gasteiger partial charge on any atom is -0.507 e. The van der Waals surface area contributed by atoms with Gasteiger partial charge >= 0.3 is 0 Å². The fraction of sp³-hybridized carbons (Fsp3) is 0.696. The zero-order valence-corrected chi connectivity index (χ0v) is 19.7. The number of amides is 1. The third kappa shape index (κ3) is 4.85. The number of benzene rings is 1. The lowest BCUT2D eigenvalue weighted by Crippen LogP contribution is -2.54. The Morgan fingerprint density at radius 3 is 1.75 bits per heavy atom. The van der Waals surface area contributed by atoms with Crippen LogP contribution in [-0.2, 0) is 15.6 Å². The van der Waals surface area contributed by atoms with Crippen molar-refractivity contribution in [2.45, 2.75) is 108 Å². The van der Waals surface area contributed by atoms with Crippen LogP contribution in [0.3, 0.4) is 0 Å². The molecule has 0 spiro atoms. The standard InChI is InChI=1S/C23H37NO3S/c1-14-12-23(27,13-15(2)24(14)16(3)25)28-17-10-18(21(4,5)6)20(26)19(11-17)22(7,8)9/h10-11,14-15,26-27H,12-13H2,1-9H3/t14-,15-/m1/s1. The Morgan fingerprint density at radius 1 is 1.04 bits per heavy atom. The quantitative estimate of drug-likeness (QED) is 0.663. The minimum atomic E-state index is -0.938. The van der Waals surface area contributed by atoms with E-state index in [-0.39, 0.29) is 28.8 Å². The van der Waals surface area contributed by atoms with Gasteiger partial charge in [-0.05, 0) is 36.8 Å². The van der Waals surface area contributed by atoms with Crippen molar-refractivity contribution in [1.29, 1.82) is 0 Å². The predicted octanol–water partition coefficient (Wildman–Crippen LogP) is 5.19. The van der Waals surface area contributed by atoms with Crippen molar-refractivity contribution in [3.63, 3.8) is 0 Å². The van der Waals surface area contributed by atoms with Crippen LogP contribution in [0.1, 0.15) is 86.3 Å². The molecule has 0 saturated carbocycles. The van der Waals surface area contributed by atoms with Crippen molar-refractivity contribution in [3.8, 4) is 5.75 Å². The molecular formula is C23H37NO3S. The minimum absolute atomic E-state index is 0.0139. The Bertz CT molecular complexity index is 698. The summed E-state index contributed by atoms with van der Waals surface area (Å²) in [4.78, 5) is 13.8. The molecule has 1 aliphatic rings. The second kappa shape index (κ2) is 7.56. The fourth-order valence-electron chi connectivity index (χ4n) is 4.37. The molecule has 0 bridgehead atoms. The van der Waals surface area contributed by atoms with Gasteiger partial charge < -0.3 is 15.1 Å². The summed E-state index contributed by atoms with van der Waals surface area (Å²) in [5.74, 6) is 0.409. The molecule has 2 atom stereocenters. The van der Waals surface area contributed by atoms with Crippen LogP contribution in [0.25, 0.3) is 0 Å². The van der Waals surface area contributed by atoms with E-state index in [2.05, 4.69) is 41.5 Å². The number of carbonyl (C=O) groups excluding carboxylic acids is 1. The van der Waals surface area contributed by atoms with Gasteiger partial charge in [-0.3, -0.25) is 4.79 Å². The van der Waals surface area contributed by atoms with Crippen LogP contribution in [0.4, 0.5) is 0 Å². The van der Waals surface area contributed by atoms with E-state index in [0.29, 0.717) is 18.6 Å². The lowest BCUT2D eigenvalue weighted by atomic mass is 9.79. The highest BCUT2D eigenvalue weighted by atomic mass is 32.2. The van der Waals surface area contributed by atoms with Gasteiger partial charge in [-0.1, -0.05) is 53.3 Å². The van der Waals surface area contributed by atoms with E-state index >= 15 is 0 Å². The zero-order valence-electron chi connectivity index (χ0n) is 18.9. The molecular weight excluding hydrogens is 370 g/mol. The van der Waals surface area contributed by atoms with Crippen molar-refractivity contribution >= 4 is 17.7 Å². The molecule has 28 heavy (non-hydrogen) atoms. The van der Waals surface area contributed by atoms with Crippen LogP contribution in [0, 0.1) is 0 Å². The maximum atomic E-state index is 11.9. The predicted molar refractivity (Wildman–Crippen MR) is 117 cm³/mol. The number of thioether (sulfide) groups is 1. The fourth-order valence-corrected chi connectivity index (χ4v) is 5.81. The number of phenols is 1. The van der Waals surface area contributed by atoms with Crippen molar-refractivity contribution < 1.29 is 15.0 Å². The van der Waals surface area contributed by atoms with Gasteiger partial charge in [0.2, 0.25) is 5.91 Å². The highest BCUT2D eigenvalue weighted by Gasteiger charge is 2.42. The molecule has 158 valence electrons. The normalized spacial score (nSPS) is 26.4. The molecule has 1 aliphatic heterocycles. The summed E-state index contributed by atoms with van der Waals surface area (Å²) >= 11 is 1.46. The van der Waals surface area contributed by atoms with Gasteiger partial charge in [0.15, 0.2) is 0 Å². The van der Waals surface area contributed by atoms with E-state index in [1.807, 2.05) is 30.9 Å². The summed E-state index contributed by atoms with van der Waals surface area (Å²) in [6.45, 7) is 18.1. The van der Waals surface area contributed by atoms with Gasteiger partial charge in [0.25, 0.3) is 0 Å². The molecule has 5 heteroatoms. The number of rotatable bonds is 2. The summed E-state index contributed by atoms with van der Waals surface area (Å²) in [7, 11) is 0. The number of aromatic hydroxyl groups is 1. The summed E-state index contributed by atoms with van der Waals surface area (Å²) in [5.41, 5.74) is 1.38. The number of aliphatic hydroxyl groups is 1. The third-order valence-electron chi connectivity index (χ3n) is 5.55. The number of nitrogens with zero attached hydrogens (tertiary/aromatic N) is 1. The Morgan fingerprint density at radius 2 is 1.43 bits per heavy atom. The van der Waals surface area contributed by atoms with Gasteiger partial charge in [-0.25, -0.2) is 0 Å². The Kier molecular flexibility index (Phi) is 6.24. The molecule has 4 nitrogen and oxygen atoms in total. The Balaban J connectivity index is 2.45. The maximum Gasteiger partial charge on any atom is 0.219 e. The van der Waals surface area contributed by atoms with Gasteiger partial charge in [-0.15, -0.1) is 0 Å². The highest BCUT2D eigenvalue weighted by Crippen LogP contribution is 2.47. The number of hydrogen-bond donors (Lipinski definition) is 2. The summed E-state index contributed by atoms with van der Waals surface area (Å²) < 4.78 is 0. The molecule has 0 aliphatic carbocycles. The second-order valence-corrected chi connectivity index (χ2v) is 11.9. The van der Waals surface area contributed by atoms with Crippen molar-refractivity contribution in [1.82, 2.24) is 4.90 Å². The average Bonchev–Trinajstić information content (AvgIpc) is 2.44. The first-order valence-corrected chi connectivity index (χ1v) is 10.9. The highest BCUT2D eigenvalue weighted by molar-refractivity contribution is 8.00. The zero-order chi connectivity index (χ0) is 21.7. The number of carbonyl (C=O) groups is 1. The molecule has 1 amide bonds. The lowest BCUT2D eigenvalue weighted by Gasteiger charge is -2.46. The topological polar surface area (TPSA) is 60.8 Å². The SMILES string of the molecule is CC(=O)N1[C@H](C)CC(O)(Sc2cc(C(C)(C)C)c(O)c(C(C)(C)C)c2)C[C@H]1C. The molecule has 0 radical (unpaired) electrons. The second-order valence-electron chi connectivity index (χ2n) is 10.4. The van der Waals surface area contributed by atoms with E-state index in [0.717, 1.165) is 16.0 Å². The van der Waals surface area contributed by atoms with Crippen LogP contribution in [0.5, 0.6) is 5.75 Å². The largest absolute Gasteiger partial charge is 0.507 e. The smallest absolute Gasteiger partial charge is 0.219 e. The number of likely N-dealkylation sites (tertiary alicyclic amines) is 1. The van der Waals surface area contributed by atoms with Crippen molar-refractivity contribution in [2.24, 2.45) is 0 Å². The first-order chi connectivity index (χ1) is 12.5. The number of hydrogen-bond acceptors (Lipinski definition) is 4. The molecule has 1 heterocycles. The Labute approximate surface area is 174 Å². The molecule has 1 fully saturated rings. The van der Waals surface area contributed by atoms with Gasteiger partial charge in [-0.2, -0.15) is 0 Å². The van der Waals surface area contributed by atoms with Crippen LogP contribution in [-0.4, -0.2) is 38.0 Å². The summed E-state index contributed by atoms with van der Waals surface area (Å²) in [6, 6.07) is 4.00. The van der Waals surface area contributed by atoms with E-state index in [9.17, 15) is 15.0 Å². The van der Waals surface area contributed by atoms with E-state index in [1.54, 1.807) is 6.92 Å². The summed E-state index contributed by atoms with van der Waals surface area (Å²) in [5, 5.41) is 22.3. The van der Waals surface area contributed by atoms with Crippen LogP contribution < -0.4 is 0 Å². The maximum absolute atomic E-state index is 11.9. The first-order valence-electron chi connectivity index (χ1n) is 10.1. The molecule has 1 aromatic carbocycles. The average molecular weight is 408 g/mol. The van der Waals surface area contributed by atoms with E-state index in [4.69, 9.17) is 0 Å². The van der Waals surface area contributed by atoms with Crippen molar-refractivity contribution in [2.75, 3.05) is 0 Å². The molecule has 2 rings (SSSR count). The Hall–Kier alpha value is -1.20. The van der Waals surface area contributed by atoms with Gasteiger partial charge in [0, 0.05) is 47.9 Å². The monoisotopic (exact) mass is 407 g/mol. The van der Waals surface area contributed by atoms with Crippen LogP contribution in [0.2, 0.25) is 0 Å².